The van der Waals surface area contributed by atoms with Crippen LogP contribution in [0.4, 0.5) is 11.5 Å². The van der Waals surface area contributed by atoms with Crippen LogP contribution in [-0.2, 0) is 17.8 Å². The van der Waals surface area contributed by atoms with E-state index in [4.69, 9.17) is 27.9 Å². The van der Waals surface area contributed by atoms with Gasteiger partial charge in [0.05, 0.1) is 49.4 Å². The van der Waals surface area contributed by atoms with E-state index in [1.54, 1.807) is 43.5 Å². The Bertz CT molecular complexity index is 1910. The van der Waals surface area contributed by atoms with Crippen LogP contribution in [0.25, 0.3) is 10.9 Å². The predicted molar refractivity (Wildman–Crippen MR) is 179 cm³/mol. The fourth-order valence-corrected chi connectivity index (χ4v) is 5.54. The Kier molecular flexibility index (Phi) is 10.1. The SMILES string of the molecule is CC1=NC([N+](=O)[O-])=C(C[N+](C)(C)C/C=C/C(=O)Cc2cc3c(Nc4ccc(OCc5cccc(Cl)c5)c(Cl)c4)ncnc3cn2)C1. The summed E-state index contributed by atoms with van der Waals surface area (Å²) in [4.78, 5) is 41.0. The van der Waals surface area contributed by atoms with Crippen molar-refractivity contribution < 1.29 is 18.9 Å². The highest BCUT2D eigenvalue weighted by molar-refractivity contribution is 6.32. The minimum absolute atomic E-state index is 0.0666. The van der Waals surface area contributed by atoms with Crippen molar-refractivity contribution in [3.63, 3.8) is 0 Å². The van der Waals surface area contributed by atoms with Gasteiger partial charge in [0.15, 0.2) is 5.78 Å². The molecular formula is C33H32Cl2N7O4+. The zero-order valence-electron chi connectivity index (χ0n) is 25.5. The monoisotopic (exact) mass is 660 g/mol. The van der Waals surface area contributed by atoms with Crippen molar-refractivity contribution in [2.45, 2.75) is 26.4 Å². The van der Waals surface area contributed by atoms with Crippen molar-refractivity contribution in [1.82, 2.24) is 15.0 Å². The number of anilines is 2. The van der Waals surface area contributed by atoms with Gasteiger partial charge in [-0.15, -0.1) is 0 Å². The fraction of sp³-hybridized carbons (Fsp3) is 0.242. The molecule has 1 N–H and O–H groups in total. The van der Waals surface area contributed by atoms with E-state index in [9.17, 15) is 14.9 Å². The number of carbonyl (C=O) groups is 1. The highest BCUT2D eigenvalue weighted by Crippen LogP contribution is 2.31. The van der Waals surface area contributed by atoms with E-state index < -0.39 is 4.92 Å². The second kappa shape index (κ2) is 14.2. The zero-order valence-corrected chi connectivity index (χ0v) is 27.0. The standard InChI is InChI=1S/C33H32Cl2N7O4/c1-21-12-23(33(39-21)41(44)45)18-42(2,3)11-5-8-27(43)14-26-15-28-30(17-36-26)37-20-38-32(28)40-25-9-10-31(29(35)16-25)46-19-22-6-4-7-24(34)13-22/h4-10,13,15-17,20H,11-12,14,18-19H2,1-3H3,(H,37,38,40)/q+1/b8-5+. The third-order valence-electron chi connectivity index (χ3n) is 7.19. The second-order valence-corrected chi connectivity index (χ2v) is 12.5. The molecule has 5 rings (SSSR count). The number of benzene rings is 2. The molecule has 2 aromatic carbocycles. The molecule has 3 heterocycles. The van der Waals surface area contributed by atoms with Gasteiger partial charge in [-0.25, -0.2) is 9.97 Å². The van der Waals surface area contributed by atoms with Gasteiger partial charge in [0, 0.05) is 28.2 Å². The number of nitrogens with one attached hydrogen (secondary N) is 1. The summed E-state index contributed by atoms with van der Waals surface area (Å²) in [6.07, 6.45) is 6.95. The van der Waals surface area contributed by atoms with E-state index in [1.165, 1.54) is 12.4 Å². The van der Waals surface area contributed by atoms with Gasteiger partial charge in [-0.3, -0.25) is 9.78 Å². The van der Waals surface area contributed by atoms with Crippen LogP contribution in [0.2, 0.25) is 10.0 Å². The highest BCUT2D eigenvalue weighted by atomic mass is 35.5. The van der Waals surface area contributed by atoms with Crippen LogP contribution in [0.15, 0.2) is 89.6 Å². The molecule has 0 unspecified atom stereocenters. The van der Waals surface area contributed by atoms with Gasteiger partial charge in [-0.1, -0.05) is 35.3 Å². The second-order valence-electron chi connectivity index (χ2n) is 11.6. The number of carbonyl (C=O) groups excluding carboxylic acids is 1. The summed E-state index contributed by atoms with van der Waals surface area (Å²) in [6, 6.07) is 14.6. The van der Waals surface area contributed by atoms with Gasteiger partial charge in [0.2, 0.25) is 0 Å². The number of nitrogens with zero attached hydrogens (tertiary/aromatic N) is 6. The number of ketones is 1. The van der Waals surface area contributed by atoms with Crippen molar-refractivity contribution in [3.8, 4) is 5.75 Å². The first kappa shape index (κ1) is 32.7. The number of allylic oxidation sites excluding steroid dienone is 1. The summed E-state index contributed by atoms with van der Waals surface area (Å²) in [5.41, 5.74) is 4.23. The molecule has 11 nitrogen and oxygen atoms in total. The summed E-state index contributed by atoms with van der Waals surface area (Å²) in [5.74, 6) is 0.876. The largest absolute Gasteiger partial charge is 0.487 e. The average Bonchev–Trinajstić information content (AvgIpc) is 3.36. The molecule has 1 aliphatic rings. The lowest BCUT2D eigenvalue weighted by Crippen LogP contribution is -2.41. The number of rotatable bonds is 13. The van der Waals surface area contributed by atoms with E-state index >= 15 is 0 Å². The van der Waals surface area contributed by atoms with Crippen molar-refractivity contribution in [2.24, 2.45) is 4.99 Å². The molecule has 236 valence electrons. The molecule has 0 aliphatic carbocycles. The normalized spacial score (nSPS) is 13.4. The van der Waals surface area contributed by atoms with Gasteiger partial charge >= 0.3 is 5.82 Å². The molecule has 0 atom stereocenters. The number of aliphatic imine (C=N–C) groups is 1. The smallest absolute Gasteiger partial charge is 0.368 e. The molecule has 13 heteroatoms. The molecule has 46 heavy (non-hydrogen) atoms. The molecule has 0 radical (unpaired) electrons. The summed E-state index contributed by atoms with van der Waals surface area (Å²) < 4.78 is 6.32. The van der Waals surface area contributed by atoms with Crippen molar-refractivity contribution in [3.05, 3.63) is 116 Å². The molecule has 0 saturated carbocycles. The quantitative estimate of drug-likeness (QED) is 0.0720. The van der Waals surface area contributed by atoms with E-state index in [2.05, 4.69) is 25.3 Å². The number of aromatic nitrogens is 3. The van der Waals surface area contributed by atoms with E-state index in [-0.39, 0.29) is 18.0 Å². The van der Waals surface area contributed by atoms with Crippen LogP contribution < -0.4 is 10.1 Å². The number of ether oxygens (including phenoxy) is 1. The number of pyridine rings is 1. The number of quaternary nitrogens is 1. The molecule has 0 saturated heterocycles. The van der Waals surface area contributed by atoms with E-state index in [0.29, 0.717) is 80.1 Å². The minimum atomic E-state index is -0.432. The molecule has 0 bridgehead atoms. The van der Waals surface area contributed by atoms with Gasteiger partial charge in [0.1, 0.15) is 36.8 Å². The Morgan fingerprint density at radius 1 is 1.13 bits per heavy atom. The summed E-state index contributed by atoms with van der Waals surface area (Å²) in [5, 5.41) is 16.4. The van der Waals surface area contributed by atoms with Crippen molar-refractivity contribution >= 4 is 57.1 Å². The maximum Gasteiger partial charge on any atom is 0.368 e. The number of hydrogen-bond acceptors (Lipinski definition) is 9. The summed E-state index contributed by atoms with van der Waals surface area (Å²) in [6.45, 7) is 3.08. The number of halogens is 2. The summed E-state index contributed by atoms with van der Waals surface area (Å²) in [7, 11) is 3.92. The first-order valence-electron chi connectivity index (χ1n) is 14.4. The maximum atomic E-state index is 12.8. The Balaban J connectivity index is 1.22. The molecule has 1 aliphatic heterocycles. The lowest BCUT2D eigenvalue weighted by molar-refractivity contribution is -0.880. The lowest BCUT2D eigenvalue weighted by Gasteiger charge is -2.28. The topological polar surface area (TPSA) is 132 Å². The highest BCUT2D eigenvalue weighted by Gasteiger charge is 2.31. The molecule has 4 aromatic rings. The van der Waals surface area contributed by atoms with Gasteiger partial charge in [0.25, 0.3) is 0 Å². The van der Waals surface area contributed by atoms with Crippen LogP contribution in [0.3, 0.4) is 0 Å². The van der Waals surface area contributed by atoms with Crippen LogP contribution >= 0.6 is 23.2 Å². The average molecular weight is 662 g/mol. The summed E-state index contributed by atoms with van der Waals surface area (Å²) >= 11 is 12.6. The minimum Gasteiger partial charge on any atom is -0.487 e. The third kappa shape index (κ3) is 8.51. The van der Waals surface area contributed by atoms with Gasteiger partial charge in [-0.05, 0) is 71.0 Å². The molecular weight excluding hydrogens is 629 g/mol. The number of hydrogen-bond donors (Lipinski definition) is 1. The fourth-order valence-electron chi connectivity index (χ4n) is 5.09. The maximum absolute atomic E-state index is 12.8. The molecule has 0 fully saturated rings. The molecule has 2 aromatic heterocycles. The third-order valence-corrected chi connectivity index (χ3v) is 7.72. The van der Waals surface area contributed by atoms with Crippen LogP contribution in [-0.4, -0.2) is 63.0 Å². The zero-order chi connectivity index (χ0) is 32.8. The first-order valence-corrected chi connectivity index (χ1v) is 15.2. The van der Waals surface area contributed by atoms with E-state index in [1.807, 2.05) is 38.4 Å². The number of fused-ring (bicyclic) bond motifs is 1. The van der Waals surface area contributed by atoms with Crippen LogP contribution in [0.1, 0.15) is 24.6 Å². The number of nitro groups is 1. The van der Waals surface area contributed by atoms with Gasteiger partial charge < -0.3 is 24.7 Å². The van der Waals surface area contributed by atoms with Gasteiger partial charge in [-0.2, -0.15) is 0 Å². The van der Waals surface area contributed by atoms with Crippen molar-refractivity contribution in [2.75, 3.05) is 32.5 Å². The number of likely N-dealkylation sites (N-methyl/N-ethyl adjacent to an activating group) is 1. The Hall–Kier alpha value is -4.71. The predicted octanol–water partition coefficient (Wildman–Crippen LogP) is 6.75. The lowest BCUT2D eigenvalue weighted by atomic mass is 10.1. The Morgan fingerprint density at radius 2 is 1.96 bits per heavy atom. The molecule has 0 amide bonds. The Labute approximate surface area is 276 Å². The first-order chi connectivity index (χ1) is 22.0. The van der Waals surface area contributed by atoms with Crippen LogP contribution in [0.5, 0.6) is 5.75 Å². The Morgan fingerprint density at radius 3 is 2.72 bits per heavy atom. The van der Waals surface area contributed by atoms with Crippen molar-refractivity contribution in [1.29, 1.82) is 0 Å². The molecule has 0 spiro atoms. The van der Waals surface area contributed by atoms with Crippen LogP contribution in [0, 0.1) is 10.1 Å². The van der Waals surface area contributed by atoms with E-state index in [0.717, 1.165) is 11.3 Å².